The average Bonchev–Trinajstić information content (AvgIpc) is 3.25. The van der Waals surface area contributed by atoms with Crippen molar-refractivity contribution in [1.82, 2.24) is 10.3 Å². The van der Waals surface area contributed by atoms with Gasteiger partial charge in [0, 0.05) is 30.8 Å². The first-order valence-corrected chi connectivity index (χ1v) is 8.86. The SMILES string of the molecule is Fc1cccc(F)c1C1CC(c2csc(C3CC[N]CC3)n2)=NO1. The molecule has 1 atom stereocenters. The first-order chi connectivity index (χ1) is 11.7. The van der Waals surface area contributed by atoms with Gasteiger partial charge >= 0.3 is 0 Å². The first-order valence-electron chi connectivity index (χ1n) is 7.98. The summed E-state index contributed by atoms with van der Waals surface area (Å²) in [6.07, 6.45) is 1.64. The van der Waals surface area contributed by atoms with Gasteiger partial charge in [0.05, 0.1) is 16.3 Å². The molecule has 4 nitrogen and oxygen atoms in total. The lowest BCUT2D eigenvalue weighted by Crippen LogP contribution is -2.21. The van der Waals surface area contributed by atoms with E-state index in [4.69, 9.17) is 4.84 Å². The third-order valence-electron chi connectivity index (χ3n) is 4.43. The lowest BCUT2D eigenvalue weighted by atomic mass is 9.99. The van der Waals surface area contributed by atoms with Gasteiger partial charge in [0.25, 0.3) is 0 Å². The zero-order valence-corrected chi connectivity index (χ0v) is 13.7. The topological polar surface area (TPSA) is 48.6 Å². The summed E-state index contributed by atoms with van der Waals surface area (Å²) in [5.41, 5.74) is 1.32. The molecule has 0 bridgehead atoms. The maximum Gasteiger partial charge on any atom is 0.164 e. The maximum atomic E-state index is 13.9. The number of oxime groups is 1. The largest absolute Gasteiger partial charge is 0.387 e. The molecule has 1 radical (unpaired) electrons. The number of rotatable bonds is 3. The van der Waals surface area contributed by atoms with E-state index >= 15 is 0 Å². The number of benzene rings is 1. The van der Waals surface area contributed by atoms with Gasteiger partial charge in [0.1, 0.15) is 17.3 Å². The third kappa shape index (κ3) is 2.93. The summed E-state index contributed by atoms with van der Waals surface area (Å²) < 4.78 is 27.8. The standard InChI is InChI=1S/C17H16F2N3OS/c18-11-2-1-3-12(19)16(11)15-8-13(22-23-15)14-9-24-17(21-14)10-4-6-20-7-5-10/h1-3,9-10,15H,4-8H2. The molecular weight excluding hydrogens is 332 g/mol. The summed E-state index contributed by atoms with van der Waals surface area (Å²) >= 11 is 1.61. The first kappa shape index (κ1) is 15.7. The van der Waals surface area contributed by atoms with Gasteiger partial charge in [0.15, 0.2) is 6.10 Å². The van der Waals surface area contributed by atoms with Gasteiger partial charge in [-0.15, -0.1) is 11.3 Å². The fourth-order valence-electron chi connectivity index (χ4n) is 3.11. The Morgan fingerprint density at radius 3 is 2.62 bits per heavy atom. The number of hydrogen-bond acceptors (Lipinski definition) is 4. The van der Waals surface area contributed by atoms with Crippen LogP contribution in [0.3, 0.4) is 0 Å². The van der Waals surface area contributed by atoms with E-state index in [1.165, 1.54) is 18.2 Å². The molecule has 24 heavy (non-hydrogen) atoms. The summed E-state index contributed by atoms with van der Waals surface area (Å²) in [7, 11) is 0. The van der Waals surface area contributed by atoms with Crippen molar-refractivity contribution in [2.24, 2.45) is 5.16 Å². The summed E-state index contributed by atoms with van der Waals surface area (Å²) in [5.74, 6) is -0.772. The minimum atomic E-state index is -0.736. The molecule has 0 saturated carbocycles. The summed E-state index contributed by atoms with van der Waals surface area (Å²) in [6.45, 7) is 1.77. The predicted octanol–water partition coefficient (Wildman–Crippen LogP) is 3.77. The molecule has 2 aromatic rings. The van der Waals surface area contributed by atoms with E-state index in [0.717, 1.165) is 36.6 Å². The van der Waals surface area contributed by atoms with Gasteiger partial charge in [-0.1, -0.05) is 11.2 Å². The van der Waals surface area contributed by atoms with E-state index < -0.39 is 17.7 Å². The molecule has 7 heteroatoms. The average molecular weight is 348 g/mol. The number of nitrogens with zero attached hydrogens (tertiary/aromatic N) is 3. The second-order valence-electron chi connectivity index (χ2n) is 5.99. The Morgan fingerprint density at radius 2 is 1.88 bits per heavy atom. The molecule has 4 rings (SSSR count). The van der Waals surface area contributed by atoms with Gasteiger partial charge in [0.2, 0.25) is 0 Å². The van der Waals surface area contributed by atoms with Crippen LogP contribution in [-0.4, -0.2) is 23.8 Å². The molecule has 2 aliphatic heterocycles. The monoisotopic (exact) mass is 348 g/mol. The van der Waals surface area contributed by atoms with E-state index in [0.29, 0.717) is 18.1 Å². The van der Waals surface area contributed by atoms with E-state index in [-0.39, 0.29) is 5.56 Å². The molecule has 0 N–H and O–H groups in total. The smallest absolute Gasteiger partial charge is 0.164 e. The number of piperidine rings is 1. The van der Waals surface area contributed by atoms with Crippen molar-refractivity contribution in [3.63, 3.8) is 0 Å². The second-order valence-corrected chi connectivity index (χ2v) is 6.88. The number of aromatic nitrogens is 1. The van der Waals surface area contributed by atoms with E-state index in [2.05, 4.69) is 15.5 Å². The predicted molar refractivity (Wildman–Crippen MR) is 87.3 cm³/mol. The quantitative estimate of drug-likeness (QED) is 0.848. The van der Waals surface area contributed by atoms with Gasteiger partial charge < -0.3 is 4.84 Å². The van der Waals surface area contributed by atoms with Gasteiger partial charge in [-0.05, 0) is 25.0 Å². The molecule has 1 saturated heterocycles. The highest BCUT2D eigenvalue weighted by Gasteiger charge is 2.30. The second kappa shape index (κ2) is 6.57. The molecule has 0 spiro atoms. The molecular formula is C17H16F2N3OS. The van der Waals surface area contributed by atoms with Crippen LogP contribution in [0.5, 0.6) is 0 Å². The lowest BCUT2D eigenvalue weighted by Gasteiger charge is -2.18. The fraction of sp³-hybridized carbons (Fsp3) is 0.412. The Hall–Kier alpha value is -1.86. The highest BCUT2D eigenvalue weighted by molar-refractivity contribution is 7.09. The van der Waals surface area contributed by atoms with Crippen molar-refractivity contribution in [3.05, 3.63) is 51.5 Å². The third-order valence-corrected chi connectivity index (χ3v) is 5.44. The van der Waals surface area contributed by atoms with Crippen molar-refractivity contribution in [3.8, 4) is 0 Å². The van der Waals surface area contributed by atoms with Gasteiger partial charge in [-0.2, -0.15) is 0 Å². The summed E-state index contributed by atoms with van der Waals surface area (Å²) in [5, 5.41) is 11.4. The Bertz CT molecular complexity index is 751. The molecule has 1 fully saturated rings. The van der Waals surface area contributed by atoms with Crippen LogP contribution in [0, 0.1) is 11.6 Å². The highest BCUT2D eigenvalue weighted by Crippen LogP contribution is 2.34. The summed E-state index contributed by atoms with van der Waals surface area (Å²) in [6, 6.07) is 3.80. The van der Waals surface area contributed by atoms with E-state index in [9.17, 15) is 8.78 Å². The fourth-order valence-corrected chi connectivity index (χ4v) is 4.11. The molecule has 3 heterocycles. The number of halogens is 2. The van der Waals surface area contributed by atoms with Crippen LogP contribution in [0.15, 0.2) is 28.7 Å². The van der Waals surface area contributed by atoms with Gasteiger partial charge in [-0.25, -0.2) is 19.1 Å². The Morgan fingerprint density at radius 1 is 1.12 bits per heavy atom. The van der Waals surface area contributed by atoms with Crippen LogP contribution >= 0.6 is 11.3 Å². The van der Waals surface area contributed by atoms with Crippen LogP contribution in [-0.2, 0) is 4.84 Å². The zero-order valence-electron chi connectivity index (χ0n) is 12.9. The molecule has 2 aliphatic rings. The maximum absolute atomic E-state index is 13.9. The van der Waals surface area contributed by atoms with Crippen molar-refractivity contribution in [2.45, 2.75) is 31.3 Å². The molecule has 1 unspecified atom stereocenters. The lowest BCUT2D eigenvalue weighted by molar-refractivity contribution is 0.0800. The molecule has 1 aromatic carbocycles. The van der Waals surface area contributed by atoms with Crippen LogP contribution < -0.4 is 5.32 Å². The van der Waals surface area contributed by atoms with Crippen LogP contribution in [0.4, 0.5) is 8.78 Å². The Labute approximate surface area is 142 Å². The normalized spacial score (nSPS) is 21.6. The van der Waals surface area contributed by atoms with Crippen molar-refractivity contribution < 1.29 is 13.6 Å². The number of hydrogen-bond donors (Lipinski definition) is 0. The highest BCUT2D eigenvalue weighted by atomic mass is 32.1. The van der Waals surface area contributed by atoms with E-state index in [1.54, 1.807) is 11.3 Å². The van der Waals surface area contributed by atoms with Crippen LogP contribution in [0.25, 0.3) is 0 Å². The number of thiazole rings is 1. The minimum Gasteiger partial charge on any atom is -0.387 e. The van der Waals surface area contributed by atoms with Gasteiger partial charge in [-0.3, -0.25) is 0 Å². The minimum absolute atomic E-state index is 0.0689. The molecule has 1 aromatic heterocycles. The molecule has 0 aliphatic carbocycles. The Kier molecular flexibility index (Phi) is 4.28. The van der Waals surface area contributed by atoms with Crippen LogP contribution in [0.2, 0.25) is 0 Å². The molecule has 125 valence electrons. The Balaban J connectivity index is 1.50. The zero-order chi connectivity index (χ0) is 16.5. The van der Waals surface area contributed by atoms with Crippen molar-refractivity contribution in [2.75, 3.05) is 13.1 Å². The van der Waals surface area contributed by atoms with Crippen LogP contribution in [0.1, 0.15) is 47.5 Å². The van der Waals surface area contributed by atoms with E-state index in [1.807, 2.05) is 5.38 Å². The summed E-state index contributed by atoms with van der Waals surface area (Å²) in [4.78, 5) is 9.95. The molecule has 0 amide bonds. The van der Waals surface area contributed by atoms with Crippen molar-refractivity contribution >= 4 is 17.0 Å². The van der Waals surface area contributed by atoms with Crippen molar-refractivity contribution in [1.29, 1.82) is 0 Å².